The second-order valence-electron chi connectivity index (χ2n) is 7.52. The molecule has 8 heteroatoms. The maximum Gasteiger partial charge on any atom is 0.196 e. The summed E-state index contributed by atoms with van der Waals surface area (Å²) in [5, 5.41) is 38.6. The second kappa shape index (κ2) is 8.48. The van der Waals surface area contributed by atoms with E-state index in [1.165, 1.54) is 6.07 Å². The van der Waals surface area contributed by atoms with Crippen LogP contribution < -0.4 is 16.1 Å². The zero-order chi connectivity index (χ0) is 20.4. The summed E-state index contributed by atoms with van der Waals surface area (Å²) in [6.45, 7) is 4.39. The van der Waals surface area contributed by atoms with Crippen LogP contribution in [0.3, 0.4) is 0 Å². The average molecular weight is 391 g/mol. The highest BCUT2D eigenvalue weighted by Crippen LogP contribution is 2.45. The lowest BCUT2D eigenvalue weighted by molar-refractivity contribution is 0.0630. The number of piperidine rings is 1. The summed E-state index contributed by atoms with van der Waals surface area (Å²) < 4.78 is 5.79. The molecule has 1 saturated heterocycles. The van der Waals surface area contributed by atoms with Gasteiger partial charge >= 0.3 is 0 Å². The normalized spacial score (nSPS) is 20.7. The third-order valence-corrected chi connectivity index (χ3v) is 5.39. The maximum absolute atomic E-state index is 12.6. The molecule has 3 rings (SSSR count). The first-order valence-electron chi connectivity index (χ1n) is 9.58. The fourth-order valence-corrected chi connectivity index (χ4v) is 3.92. The Labute approximate surface area is 163 Å². The Hall–Kier alpha value is -2.13. The average Bonchev–Trinajstić information content (AvgIpc) is 2.62. The van der Waals surface area contributed by atoms with E-state index in [1.807, 2.05) is 19.0 Å². The molecule has 2 heterocycles. The number of hydrogen-bond acceptors (Lipinski definition) is 8. The Balaban J connectivity index is 2.18. The minimum atomic E-state index is -0.715. The highest BCUT2D eigenvalue weighted by Gasteiger charge is 2.34. The molecule has 1 aromatic carbocycles. The zero-order valence-electron chi connectivity index (χ0n) is 16.6. The predicted octanol–water partition coefficient (Wildman–Crippen LogP) is 0.602. The van der Waals surface area contributed by atoms with Crippen LogP contribution in [0.1, 0.15) is 29.2 Å². The van der Waals surface area contributed by atoms with E-state index < -0.39 is 6.10 Å². The highest BCUT2D eigenvalue weighted by atomic mass is 16.3. The van der Waals surface area contributed by atoms with Gasteiger partial charge in [0.25, 0.3) is 0 Å². The predicted molar refractivity (Wildman–Crippen MR) is 107 cm³/mol. The number of hydrogen-bond donors (Lipinski definition) is 5. The van der Waals surface area contributed by atoms with Crippen molar-refractivity contribution >= 4 is 11.0 Å². The number of aryl methyl sites for hydroxylation is 1. The smallest absolute Gasteiger partial charge is 0.196 e. The van der Waals surface area contributed by atoms with Crippen molar-refractivity contribution in [2.45, 2.75) is 31.9 Å². The van der Waals surface area contributed by atoms with Gasteiger partial charge in [-0.05, 0) is 34.0 Å². The second-order valence-corrected chi connectivity index (χ2v) is 7.52. The van der Waals surface area contributed by atoms with Crippen LogP contribution in [0.15, 0.2) is 15.3 Å². The van der Waals surface area contributed by atoms with E-state index in [1.54, 1.807) is 6.92 Å². The van der Waals surface area contributed by atoms with E-state index in [0.29, 0.717) is 30.8 Å². The molecule has 1 aliphatic rings. The summed E-state index contributed by atoms with van der Waals surface area (Å²) >= 11 is 0. The first-order chi connectivity index (χ1) is 13.3. The molecule has 28 heavy (non-hydrogen) atoms. The van der Waals surface area contributed by atoms with E-state index >= 15 is 0 Å². The van der Waals surface area contributed by atoms with Crippen molar-refractivity contribution in [3.05, 3.63) is 33.2 Å². The number of likely N-dealkylation sites (N-methyl/N-ethyl adjacent to an activating group) is 2. The first kappa shape index (κ1) is 20.6. The zero-order valence-corrected chi connectivity index (χ0v) is 16.6. The van der Waals surface area contributed by atoms with Crippen LogP contribution in [0.4, 0.5) is 0 Å². The van der Waals surface area contributed by atoms with Gasteiger partial charge in [-0.25, -0.2) is 0 Å². The van der Waals surface area contributed by atoms with Gasteiger partial charge in [0.15, 0.2) is 5.43 Å². The molecule has 0 aliphatic carbocycles. The summed E-state index contributed by atoms with van der Waals surface area (Å²) in [5.74, 6) is -0.395. The Morgan fingerprint density at radius 1 is 1.29 bits per heavy atom. The van der Waals surface area contributed by atoms with Crippen molar-refractivity contribution in [2.75, 3.05) is 40.3 Å². The lowest BCUT2D eigenvalue weighted by Crippen LogP contribution is -2.40. The van der Waals surface area contributed by atoms with E-state index in [4.69, 9.17) is 4.42 Å². The lowest BCUT2D eigenvalue weighted by atomic mass is 9.84. The molecule has 154 valence electrons. The number of β-amino-alcohol motifs (C(OH)–C–C–N with tert-alkyl or cyclic N) is 1. The van der Waals surface area contributed by atoms with Crippen molar-refractivity contribution in [3.63, 3.8) is 0 Å². The number of fused-ring (bicyclic) bond motifs is 1. The number of benzene rings is 1. The van der Waals surface area contributed by atoms with Gasteiger partial charge in [0.2, 0.25) is 0 Å². The molecule has 0 spiro atoms. The molecular formula is C20H29N3O5. The van der Waals surface area contributed by atoms with Crippen LogP contribution in [0.2, 0.25) is 0 Å². The summed E-state index contributed by atoms with van der Waals surface area (Å²) in [5.41, 5.74) is 0.449. The molecule has 0 amide bonds. The van der Waals surface area contributed by atoms with E-state index in [9.17, 15) is 20.1 Å². The third-order valence-electron chi connectivity index (χ3n) is 5.39. The van der Waals surface area contributed by atoms with Gasteiger partial charge in [-0.15, -0.1) is 0 Å². The number of rotatable bonds is 6. The Bertz CT molecular complexity index is 911. The summed E-state index contributed by atoms with van der Waals surface area (Å²) in [4.78, 5) is 14.6. The molecule has 1 aliphatic heterocycles. The number of nitrogens with one attached hydrogen (secondary N) is 2. The minimum Gasteiger partial charge on any atom is -0.507 e. The molecule has 2 unspecified atom stereocenters. The van der Waals surface area contributed by atoms with Crippen molar-refractivity contribution in [3.8, 4) is 11.5 Å². The largest absolute Gasteiger partial charge is 0.507 e. The van der Waals surface area contributed by atoms with Gasteiger partial charge in [-0.3, -0.25) is 4.79 Å². The van der Waals surface area contributed by atoms with Crippen LogP contribution in [-0.4, -0.2) is 66.6 Å². The van der Waals surface area contributed by atoms with Gasteiger partial charge in [-0.1, -0.05) is 0 Å². The Morgan fingerprint density at radius 3 is 2.71 bits per heavy atom. The SMILES string of the molecule is CNCCNCc1c(O)c(C2CCN(C)CC2O)c2oc(C)cc(=O)c2c1O. The van der Waals surface area contributed by atoms with Gasteiger partial charge in [-0.2, -0.15) is 0 Å². The van der Waals surface area contributed by atoms with Crippen LogP contribution in [0.25, 0.3) is 11.0 Å². The molecule has 1 fully saturated rings. The number of aliphatic hydroxyl groups excluding tert-OH is 1. The molecule has 0 bridgehead atoms. The molecule has 5 N–H and O–H groups in total. The van der Waals surface area contributed by atoms with Crippen molar-refractivity contribution in [1.82, 2.24) is 15.5 Å². The number of aliphatic hydroxyl groups is 1. The Morgan fingerprint density at radius 2 is 2.04 bits per heavy atom. The number of phenols is 2. The number of phenolic OH excluding ortho intramolecular Hbond substituents is 2. The van der Waals surface area contributed by atoms with Crippen LogP contribution in [0, 0.1) is 6.92 Å². The monoisotopic (exact) mass is 391 g/mol. The Kier molecular flexibility index (Phi) is 6.24. The number of nitrogens with zero attached hydrogens (tertiary/aromatic N) is 1. The fourth-order valence-electron chi connectivity index (χ4n) is 3.92. The van der Waals surface area contributed by atoms with Crippen LogP contribution >= 0.6 is 0 Å². The lowest BCUT2D eigenvalue weighted by Gasteiger charge is -2.34. The number of aromatic hydroxyl groups is 2. The van der Waals surface area contributed by atoms with Crippen LogP contribution in [0.5, 0.6) is 11.5 Å². The van der Waals surface area contributed by atoms with Gasteiger partial charge in [0.05, 0.1) is 11.7 Å². The maximum atomic E-state index is 12.6. The van der Waals surface area contributed by atoms with Crippen LogP contribution in [-0.2, 0) is 6.54 Å². The van der Waals surface area contributed by atoms with Gasteiger partial charge in [0.1, 0.15) is 28.2 Å². The summed E-state index contributed by atoms with van der Waals surface area (Å²) in [7, 11) is 3.76. The quantitative estimate of drug-likeness (QED) is 0.455. The standard InChI is InChI=1S/C20H29N3O5/c1-11-8-14(24)17-19(27)13(9-22-6-5-21-2)18(26)16(20(17)28-11)12-4-7-23(3)10-15(12)25/h8,12,15,21-22,25-27H,4-7,9-10H2,1-3H3. The molecule has 2 atom stereocenters. The van der Waals surface area contributed by atoms with Crippen molar-refractivity contribution in [2.24, 2.45) is 0 Å². The number of likely N-dealkylation sites (tertiary alicyclic amines) is 1. The van der Waals surface area contributed by atoms with Gasteiger partial charge < -0.3 is 35.3 Å². The van der Waals surface area contributed by atoms with Crippen molar-refractivity contribution in [1.29, 1.82) is 0 Å². The highest BCUT2D eigenvalue weighted by molar-refractivity contribution is 5.90. The van der Waals surface area contributed by atoms with E-state index in [0.717, 1.165) is 13.1 Å². The topological polar surface area (TPSA) is 118 Å². The minimum absolute atomic E-state index is 0.0509. The van der Waals surface area contributed by atoms with E-state index in [-0.39, 0.29) is 45.9 Å². The molecule has 0 radical (unpaired) electrons. The first-order valence-corrected chi connectivity index (χ1v) is 9.58. The van der Waals surface area contributed by atoms with Crippen molar-refractivity contribution < 1.29 is 19.7 Å². The molecule has 0 saturated carbocycles. The molecule has 2 aromatic rings. The summed E-state index contributed by atoms with van der Waals surface area (Å²) in [6, 6.07) is 1.33. The molecule has 8 nitrogen and oxygen atoms in total. The molecule has 1 aromatic heterocycles. The van der Waals surface area contributed by atoms with E-state index in [2.05, 4.69) is 10.6 Å². The van der Waals surface area contributed by atoms with Gasteiger partial charge in [0, 0.05) is 43.7 Å². The molecular weight excluding hydrogens is 362 g/mol. The summed E-state index contributed by atoms with van der Waals surface area (Å²) in [6.07, 6.45) is -0.108. The fraction of sp³-hybridized carbons (Fsp3) is 0.550. The third kappa shape index (κ3) is 3.86.